The van der Waals surface area contributed by atoms with Crippen LogP contribution in [0.1, 0.15) is 30.5 Å². The number of hydrogen-bond acceptors (Lipinski definition) is 4. The molecule has 0 aromatic heterocycles. The third-order valence-electron chi connectivity index (χ3n) is 3.58. The predicted molar refractivity (Wildman–Crippen MR) is 98.3 cm³/mol. The van der Waals surface area contributed by atoms with Crippen molar-refractivity contribution in [3.8, 4) is 11.5 Å². The lowest BCUT2D eigenvalue weighted by Crippen LogP contribution is -2.07. The van der Waals surface area contributed by atoms with Crippen molar-refractivity contribution < 1.29 is 19.1 Å². The maximum Gasteiger partial charge on any atom is 0.338 e. The Hall–Kier alpha value is -3.14. The first-order valence-corrected chi connectivity index (χ1v) is 7.78. The molecule has 0 aliphatic carbocycles. The number of carbonyl (C=O) groups is 2. The van der Waals surface area contributed by atoms with Crippen LogP contribution < -0.4 is 9.47 Å². The molecule has 128 valence electrons. The summed E-state index contributed by atoms with van der Waals surface area (Å²) in [7, 11) is 0. The molecule has 2 aromatic carbocycles. The molecule has 4 nitrogen and oxygen atoms in total. The Morgan fingerprint density at radius 1 is 1.08 bits per heavy atom. The van der Waals surface area contributed by atoms with Gasteiger partial charge in [-0.1, -0.05) is 30.3 Å². The van der Waals surface area contributed by atoms with E-state index in [2.05, 4.69) is 6.58 Å². The molecule has 0 N–H and O–H groups in total. The highest BCUT2D eigenvalue weighted by Gasteiger charge is 2.07. The van der Waals surface area contributed by atoms with Gasteiger partial charge in [0.2, 0.25) is 0 Å². The van der Waals surface area contributed by atoms with Gasteiger partial charge in [0.1, 0.15) is 11.5 Å². The topological polar surface area (TPSA) is 52.6 Å². The van der Waals surface area contributed by atoms with E-state index >= 15 is 0 Å². The molecule has 25 heavy (non-hydrogen) atoms. The van der Waals surface area contributed by atoms with E-state index in [0.29, 0.717) is 23.5 Å². The number of rotatable bonds is 6. The normalized spacial score (nSPS) is 10.9. The first-order chi connectivity index (χ1) is 11.9. The second-order valence-corrected chi connectivity index (χ2v) is 5.78. The summed E-state index contributed by atoms with van der Waals surface area (Å²) in [6.07, 6.45) is 1.95. The van der Waals surface area contributed by atoms with Crippen LogP contribution >= 0.6 is 0 Å². The first-order valence-electron chi connectivity index (χ1n) is 7.78. The van der Waals surface area contributed by atoms with Gasteiger partial charge in [-0.15, -0.1) is 0 Å². The molecule has 2 rings (SSSR count). The summed E-state index contributed by atoms with van der Waals surface area (Å²) in [5, 5.41) is 0. The molecule has 0 radical (unpaired) electrons. The average Bonchev–Trinajstić information content (AvgIpc) is 2.58. The van der Waals surface area contributed by atoms with Gasteiger partial charge in [0.05, 0.1) is 0 Å². The van der Waals surface area contributed by atoms with Gasteiger partial charge in [-0.25, -0.2) is 4.79 Å². The molecule has 0 saturated heterocycles. The highest BCUT2D eigenvalue weighted by molar-refractivity contribution is 5.89. The number of allylic oxidation sites excluding steroid dienone is 1. The minimum Gasteiger partial charge on any atom is -0.428 e. The van der Waals surface area contributed by atoms with E-state index in [1.54, 1.807) is 25.1 Å². The van der Waals surface area contributed by atoms with Crippen molar-refractivity contribution in [2.24, 2.45) is 0 Å². The summed E-state index contributed by atoms with van der Waals surface area (Å²) >= 11 is 0. The number of esters is 1. The van der Waals surface area contributed by atoms with E-state index in [-0.39, 0.29) is 0 Å². The Bertz CT molecular complexity index is 829. The summed E-state index contributed by atoms with van der Waals surface area (Å²) in [5.41, 5.74) is 4.19. The average molecular weight is 336 g/mol. The molecule has 0 amide bonds. The second kappa shape index (κ2) is 8.11. The van der Waals surface area contributed by atoms with Crippen molar-refractivity contribution in [2.75, 3.05) is 0 Å². The molecule has 0 aliphatic rings. The van der Waals surface area contributed by atoms with Crippen LogP contribution in [-0.2, 0) is 9.59 Å². The van der Waals surface area contributed by atoms with Crippen molar-refractivity contribution in [3.63, 3.8) is 0 Å². The van der Waals surface area contributed by atoms with E-state index in [4.69, 9.17) is 9.47 Å². The van der Waals surface area contributed by atoms with Gasteiger partial charge in [0, 0.05) is 11.1 Å². The van der Waals surface area contributed by atoms with Crippen LogP contribution in [0.4, 0.5) is 0 Å². The minimum atomic E-state index is -0.449. The Morgan fingerprint density at radius 3 is 2.36 bits per heavy atom. The maximum atomic E-state index is 11.5. The lowest BCUT2D eigenvalue weighted by molar-refractivity contribution is -0.130. The molecular weight excluding hydrogens is 316 g/mol. The van der Waals surface area contributed by atoms with E-state index < -0.39 is 5.97 Å². The summed E-state index contributed by atoms with van der Waals surface area (Å²) in [5.74, 6) is 0.521. The second-order valence-electron chi connectivity index (χ2n) is 5.78. The summed E-state index contributed by atoms with van der Waals surface area (Å²) in [4.78, 5) is 22.2. The molecule has 0 bridgehead atoms. The summed E-state index contributed by atoms with van der Waals surface area (Å²) in [6, 6.07) is 12.8. The van der Waals surface area contributed by atoms with Crippen molar-refractivity contribution in [1.82, 2.24) is 0 Å². The van der Waals surface area contributed by atoms with Crippen molar-refractivity contribution >= 4 is 24.1 Å². The van der Waals surface area contributed by atoms with Gasteiger partial charge in [-0.2, -0.15) is 0 Å². The molecule has 0 spiro atoms. The van der Waals surface area contributed by atoms with Crippen LogP contribution in [0, 0.1) is 6.92 Å². The van der Waals surface area contributed by atoms with Gasteiger partial charge in [-0.05, 0) is 62.2 Å². The first kappa shape index (κ1) is 18.2. The van der Waals surface area contributed by atoms with Crippen molar-refractivity contribution in [3.05, 3.63) is 71.3 Å². The summed E-state index contributed by atoms with van der Waals surface area (Å²) < 4.78 is 10.2. The lowest BCUT2D eigenvalue weighted by Gasteiger charge is -2.08. The van der Waals surface area contributed by atoms with E-state index in [1.165, 1.54) is 0 Å². The predicted octanol–water partition coefficient (Wildman–Crippen LogP) is 4.57. The van der Waals surface area contributed by atoms with E-state index in [9.17, 15) is 9.59 Å². The molecule has 0 saturated carbocycles. The van der Waals surface area contributed by atoms with E-state index in [1.807, 2.05) is 44.2 Å². The zero-order chi connectivity index (χ0) is 18.4. The number of carbonyl (C=O) groups excluding carboxylic acids is 2. The Kier molecular flexibility index (Phi) is 5.90. The minimum absolute atomic E-state index is 0.349. The number of benzene rings is 2. The van der Waals surface area contributed by atoms with Crippen LogP contribution in [0.25, 0.3) is 11.6 Å². The highest BCUT2D eigenvalue weighted by atomic mass is 16.5. The molecule has 0 fully saturated rings. The van der Waals surface area contributed by atoms with Gasteiger partial charge in [-0.3, -0.25) is 4.79 Å². The third kappa shape index (κ3) is 4.91. The van der Waals surface area contributed by atoms with Gasteiger partial charge >= 0.3 is 5.97 Å². The molecular formula is C21H20O4. The highest BCUT2D eigenvalue weighted by Crippen LogP contribution is 2.26. The van der Waals surface area contributed by atoms with Gasteiger partial charge in [0.15, 0.2) is 0 Å². The fourth-order valence-electron chi connectivity index (χ4n) is 2.24. The Labute approximate surface area is 147 Å². The number of hydrogen-bond donors (Lipinski definition) is 0. The number of ether oxygens (including phenoxy) is 2. The molecule has 0 unspecified atom stereocenters. The quantitative estimate of drug-likeness (QED) is 0.255. The van der Waals surface area contributed by atoms with Crippen LogP contribution in [0.5, 0.6) is 11.5 Å². The summed E-state index contributed by atoms with van der Waals surface area (Å²) in [6.45, 7) is 9.51. The van der Waals surface area contributed by atoms with Crippen molar-refractivity contribution in [2.45, 2.75) is 20.8 Å². The fraction of sp³-hybridized carbons (Fsp3) is 0.143. The Morgan fingerprint density at radius 2 is 1.76 bits per heavy atom. The van der Waals surface area contributed by atoms with E-state index in [0.717, 1.165) is 22.3 Å². The smallest absolute Gasteiger partial charge is 0.338 e. The molecule has 4 heteroatoms. The Balaban J connectivity index is 2.25. The fourth-order valence-corrected chi connectivity index (χ4v) is 2.24. The van der Waals surface area contributed by atoms with Crippen molar-refractivity contribution in [1.29, 1.82) is 0 Å². The number of aryl methyl sites for hydroxylation is 1. The van der Waals surface area contributed by atoms with Crippen LogP contribution in [-0.4, -0.2) is 12.4 Å². The zero-order valence-electron chi connectivity index (χ0n) is 14.5. The maximum absolute atomic E-state index is 11.5. The molecule has 2 aromatic rings. The molecule has 0 atom stereocenters. The molecule has 0 aliphatic heterocycles. The lowest BCUT2D eigenvalue weighted by atomic mass is 10.0. The van der Waals surface area contributed by atoms with Crippen LogP contribution in [0.15, 0.2) is 54.6 Å². The largest absolute Gasteiger partial charge is 0.428 e. The van der Waals surface area contributed by atoms with Crippen LogP contribution in [0.2, 0.25) is 0 Å². The van der Waals surface area contributed by atoms with Gasteiger partial charge < -0.3 is 9.47 Å². The standard InChI is InChI=1S/C21H20O4/c1-14(2)21(23)25-19-8-6-17(7-9-19)16(4)12-18-11-15(3)5-10-20(18)24-13-22/h5-13H,1H2,2-4H3/b16-12+. The monoisotopic (exact) mass is 336 g/mol. The molecule has 0 heterocycles. The third-order valence-corrected chi connectivity index (χ3v) is 3.58. The van der Waals surface area contributed by atoms with Crippen LogP contribution in [0.3, 0.4) is 0 Å². The SMILES string of the molecule is C=C(C)C(=O)Oc1ccc(/C(C)=C/c2cc(C)ccc2OC=O)cc1. The van der Waals surface area contributed by atoms with Gasteiger partial charge in [0.25, 0.3) is 6.47 Å². The zero-order valence-corrected chi connectivity index (χ0v) is 14.5.